The van der Waals surface area contributed by atoms with Gasteiger partial charge in [0.05, 0.1) is 15.8 Å². The van der Waals surface area contributed by atoms with Gasteiger partial charge >= 0.3 is 0 Å². The van der Waals surface area contributed by atoms with Gasteiger partial charge in [0.2, 0.25) is 0 Å². The summed E-state index contributed by atoms with van der Waals surface area (Å²) in [5, 5.41) is 1.10. The SMILES string of the molecule is CCCCN(C(=O)c1ccc(Cl)nc1)c1nc2ccc(C)cc2s1. The fourth-order valence-electron chi connectivity index (χ4n) is 2.39. The number of rotatable bonds is 5. The number of hydrogen-bond acceptors (Lipinski definition) is 4. The van der Waals surface area contributed by atoms with E-state index < -0.39 is 0 Å². The Bertz CT molecular complexity index is 860. The fourth-order valence-corrected chi connectivity index (χ4v) is 3.59. The summed E-state index contributed by atoms with van der Waals surface area (Å²) in [7, 11) is 0. The van der Waals surface area contributed by atoms with Crippen LogP contribution in [0.15, 0.2) is 36.5 Å². The molecule has 0 bridgehead atoms. The highest BCUT2D eigenvalue weighted by molar-refractivity contribution is 7.22. The molecule has 1 amide bonds. The highest BCUT2D eigenvalue weighted by atomic mass is 35.5. The maximum atomic E-state index is 12.9. The number of halogens is 1. The maximum Gasteiger partial charge on any atom is 0.261 e. The van der Waals surface area contributed by atoms with Crippen LogP contribution < -0.4 is 4.90 Å². The zero-order valence-corrected chi connectivity index (χ0v) is 15.2. The van der Waals surface area contributed by atoms with Crippen molar-refractivity contribution in [3.63, 3.8) is 0 Å². The number of aromatic nitrogens is 2. The number of hydrogen-bond donors (Lipinski definition) is 0. The van der Waals surface area contributed by atoms with Gasteiger partial charge in [-0.25, -0.2) is 9.97 Å². The lowest BCUT2D eigenvalue weighted by Crippen LogP contribution is -2.31. The zero-order chi connectivity index (χ0) is 17.1. The molecule has 3 aromatic rings. The van der Waals surface area contributed by atoms with E-state index in [2.05, 4.69) is 29.9 Å². The Labute approximate surface area is 150 Å². The van der Waals surface area contributed by atoms with Gasteiger partial charge in [-0.2, -0.15) is 0 Å². The van der Waals surface area contributed by atoms with Crippen LogP contribution in [0.2, 0.25) is 5.15 Å². The first-order chi connectivity index (χ1) is 11.6. The van der Waals surface area contributed by atoms with E-state index in [0.717, 1.165) is 28.2 Å². The normalized spacial score (nSPS) is 11.0. The molecule has 0 aliphatic rings. The monoisotopic (exact) mass is 359 g/mol. The summed E-state index contributed by atoms with van der Waals surface area (Å²) in [5.41, 5.74) is 2.63. The Morgan fingerprint density at radius 3 is 2.83 bits per heavy atom. The fraction of sp³-hybridized carbons (Fsp3) is 0.278. The Kier molecular flexibility index (Phi) is 5.11. The molecular formula is C18H18ClN3OS. The molecule has 2 heterocycles. The Morgan fingerprint density at radius 1 is 1.29 bits per heavy atom. The van der Waals surface area contributed by atoms with Crippen LogP contribution in [0, 0.1) is 6.92 Å². The van der Waals surface area contributed by atoms with Gasteiger partial charge < -0.3 is 0 Å². The van der Waals surface area contributed by atoms with Crippen molar-refractivity contribution >= 4 is 44.2 Å². The summed E-state index contributed by atoms with van der Waals surface area (Å²) in [6.07, 6.45) is 3.44. The van der Waals surface area contributed by atoms with Gasteiger partial charge in [0, 0.05) is 12.7 Å². The van der Waals surface area contributed by atoms with Crippen LogP contribution in [0.1, 0.15) is 35.7 Å². The molecule has 0 saturated heterocycles. The van der Waals surface area contributed by atoms with Gasteiger partial charge in [0.1, 0.15) is 5.15 Å². The highest BCUT2D eigenvalue weighted by Crippen LogP contribution is 2.30. The Morgan fingerprint density at radius 2 is 2.12 bits per heavy atom. The summed E-state index contributed by atoms with van der Waals surface area (Å²) in [6, 6.07) is 9.47. The van der Waals surface area contributed by atoms with E-state index in [1.165, 1.54) is 11.8 Å². The van der Waals surface area contributed by atoms with E-state index in [4.69, 9.17) is 11.6 Å². The molecule has 3 rings (SSSR count). The average molecular weight is 360 g/mol. The number of fused-ring (bicyclic) bond motifs is 1. The number of benzene rings is 1. The van der Waals surface area contributed by atoms with Gasteiger partial charge in [-0.05, 0) is 43.2 Å². The molecule has 0 spiro atoms. The van der Waals surface area contributed by atoms with Crippen LogP contribution in [0.3, 0.4) is 0 Å². The quantitative estimate of drug-likeness (QED) is 0.595. The standard InChI is InChI=1S/C18H18ClN3OS/c1-3-4-9-22(17(23)13-6-8-16(19)20-11-13)18-21-14-7-5-12(2)10-15(14)24-18/h5-8,10-11H,3-4,9H2,1-2H3. The van der Waals surface area contributed by atoms with E-state index in [1.54, 1.807) is 28.4 Å². The van der Waals surface area contributed by atoms with Crippen LogP contribution in [0.5, 0.6) is 0 Å². The predicted octanol–water partition coefficient (Wildman–Crippen LogP) is 5.10. The third-order valence-electron chi connectivity index (χ3n) is 3.72. The summed E-state index contributed by atoms with van der Waals surface area (Å²) in [6.45, 7) is 4.79. The number of thiazole rings is 1. The van der Waals surface area contributed by atoms with Crippen molar-refractivity contribution in [1.82, 2.24) is 9.97 Å². The molecule has 2 aromatic heterocycles. The molecule has 0 fully saturated rings. The largest absolute Gasteiger partial charge is 0.284 e. The molecule has 0 aliphatic heterocycles. The van der Waals surface area contributed by atoms with Crippen molar-refractivity contribution in [3.05, 3.63) is 52.8 Å². The molecule has 0 saturated carbocycles. The molecule has 6 heteroatoms. The van der Waals surface area contributed by atoms with Crippen LogP contribution in [0.4, 0.5) is 5.13 Å². The number of nitrogens with zero attached hydrogens (tertiary/aromatic N) is 3. The third kappa shape index (κ3) is 3.57. The van der Waals surface area contributed by atoms with Gasteiger partial charge in [-0.1, -0.05) is 42.3 Å². The topological polar surface area (TPSA) is 46.1 Å². The molecule has 0 radical (unpaired) electrons. The smallest absolute Gasteiger partial charge is 0.261 e. The molecule has 124 valence electrons. The summed E-state index contributed by atoms with van der Waals surface area (Å²) in [4.78, 5) is 23.3. The minimum absolute atomic E-state index is 0.0941. The number of anilines is 1. The average Bonchev–Trinajstić information content (AvgIpc) is 2.98. The number of aryl methyl sites for hydroxylation is 1. The van der Waals surface area contributed by atoms with Crippen molar-refractivity contribution in [1.29, 1.82) is 0 Å². The van der Waals surface area contributed by atoms with Crippen molar-refractivity contribution in [2.75, 3.05) is 11.4 Å². The number of amides is 1. The van der Waals surface area contributed by atoms with Crippen LogP contribution in [0.25, 0.3) is 10.2 Å². The van der Waals surface area contributed by atoms with E-state index in [0.29, 0.717) is 17.3 Å². The number of carbonyl (C=O) groups excluding carboxylic acids is 1. The first-order valence-electron chi connectivity index (χ1n) is 7.89. The maximum absolute atomic E-state index is 12.9. The molecule has 0 atom stereocenters. The van der Waals surface area contributed by atoms with E-state index >= 15 is 0 Å². The molecule has 24 heavy (non-hydrogen) atoms. The third-order valence-corrected chi connectivity index (χ3v) is 4.98. The van der Waals surface area contributed by atoms with Gasteiger partial charge in [-0.3, -0.25) is 9.69 Å². The molecule has 0 aliphatic carbocycles. The van der Waals surface area contributed by atoms with Gasteiger partial charge in [0.15, 0.2) is 5.13 Å². The lowest BCUT2D eigenvalue weighted by Gasteiger charge is -2.19. The summed E-state index contributed by atoms with van der Waals surface area (Å²) >= 11 is 7.36. The predicted molar refractivity (Wildman–Crippen MR) is 100 cm³/mol. The van der Waals surface area contributed by atoms with E-state index in [1.807, 2.05) is 12.1 Å². The second-order valence-electron chi connectivity index (χ2n) is 5.65. The van der Waals surface area contributed by atoms with Gasteiger partial charge in [-0.15, -0.1) is 0 Å². The van der Waals surface area contributed by atoms with Crippen LogP contribution >= 0.6 is 22.9 Å². The van der Waals surface area contributed by atoms with Crippen molar-refractivity contribution in [2.24, 2.45) is 0 Å². The Hall–Kier alpha value is -1.98. The van der Waals surface area contributed by atoms with Crippen LogP contribution in [-0.2, 0) is 0 Å². The lowest BCUT2D eigenvalue weighted by molar-refractivity contribution is 0.0986. The Balaban J connectivity index is 1.97. The number of pyridine rings is 1. The summed E-state index contributed by atoms with van der Waals surface area (Å²) in [5.74, 6) is -0.0941. The van der Waals surface area contributed by atoms with Crippen LogP contribution in [-0.4, -0.2) is 22.4 Å². The molecule has 1 aromatic carbocycles. The number of carbonyl (C=O) groups is 1. The van der Waals surface area contributed by atoms with Gasteiger partial charge in [0.25, 0.3) is 5.91 Å². The zero-order valence-electron chi connectivity index (χ0n) is 13.6. The minimum atomic E-state index is -0.0941. The molecule has 0 unspecified atom stereocenters. The first-order valence-corrected chi connectivity index (χ1v) is 9.08. The molecule has 4 nitrogen and oxygen atoms in total. The lowest BCUT2D eigenvalue weighted by atomic mass is 10.2. The van der Waals surface area contributed by atoms with Crippen molar-refractivity contribution in [2.45, 2.75) is 26.7 Å². The van der Waals surface area contributed by atoms with Crippen molar-refractivity contribution < 1.29 is 4.79 Å². The number of unbranched alkanes of at least 4 members (excludes halogenated alkanes) is 1. The second kappa shape index (κ2) is 7.28. The molecule has 0 N–H and O–H groups in total. The van der Waals surface area contributed by atoms with E-state index in [-0.39, 0.29) is 5.91 Å². The van der Waals surface area contributed by atoms with Crippen molar-refractivity contribution in [3.8, 4) is 0 Å². The van der Waals surface area contributed by atoms with E-state index in [9.17, 15) is 4.79 Å². The minimum Gasteiger partial charge on any atom is -0.284 e. The second-order valence-corrected chi connectivity index (χ2v) is 7.04. The summed E-state index contributed by atoms with van der Waals surface area (Å²) < 4.78 is 1.09. The molecular weight excluding hydrogens is 342 g/mol. The first kappa shape index (κ1) is 16.9. The highest BCUT2D eigenvalue weighted by Gasteiger charge is 2.21.